The highest BCUT2D eigenvalue weighted by Gasteiger charge is 2.34. The third kappa shape index (κ3) is 5.67. The molecule has 2 aromatic carbocycles. The Kier molecular flexibility index (Phi) is 6.75. The van der Waals surface area contributed by atoms with Crippen LogP contribution in [0.1, 0.15) is 30.5 Å². The summed E-state index contributed by atoms with van der Waals surface area (Å²) in [5.41, 5.74) is 4.21. The highest BCUT2D eigenvalue weighted by Crippen LogP contribution is 2.36. The summed E-state index contributed by atoms with van der Waals surface area (Å²) in [5.74, 6) is 1.72. The summed E-state index contributed by atoms with van der Waals surface area (Å²) in [7, 11) is 2.01. The number of rotatable bonds is 7. The molecular weight excluding hydrogens is 404 g/mol. The van der Waals surface area contributed by atoms with E-state index in [1.165, 1.54) is 11.9 Å². The molecule has 0 saturated heterocycles. The van der Waals surface area contributed by atoms with Crippen LogP contribution in [-0.4, -0.2) is 35.7 Å². The van der Waals surface area contributed by atoms with Crippen molar-refractivity contribution in [3.63, 3.8) is 0 Å². The molecule has 3 rings (SSSR count). The van der Waals surface area contributed by atoms with Crippen LogP contribution in [0.3, 0.4) is 0 Å². The summed E-state index contributed by atoms with van der Waals surface area (Å²) < 4.78 is 10.9. The zero-order valence-corrected chi connectivity index (χ0v) is 19.1. The number of hydrogen-bond acceptors (Lipinski definition) is 5. The molecule has 2 aromatic rings. The second-order valence-electron chi connectivity index (χ2n) is 7.33. The van der Waals surface area contributed by atoms with Gasteiger partial charge in [0.25, 0.3) is 0 Å². The molecule has 0 aromatic heterocycles. The number of nitrogens with one attached hydrogen (secondary N) is 1. The lowest BCUT2D eigenvalue weighted by atomic mass is 10.1. The van der Waals surface area contributed by atoms with Crippen LogP contribution in [0.2, 0.25) is 5.02 Å². The van der Waals surface area contributed by atoms with Crippen LogP contribution in [0.25, 0.3) is 0 Å². The highest BCUT2D eigenvalue weighted by atomic mass is 35.5. The molecule has 0 saturated carbocycles. The van der Waals surface area contributed by atoms with Gasteiger partial charge in [0, 0.05) is 43.9 Å². The van der Waals surface area contributed by atoms with Crippen molar-refractivity contribution in [1.29, 1.82) is 0 Å². The molecule has 1 aliphatic heterocycles. The first kappa shape index (κ1) is 21.5. The molecule has 0 bridgehead atoms. The molecule has 29 heavy (non-hydrogen) atoms. The summed E-state index contributed by atoms with van der Waals surface area (Å²) in [4.78, 5) is 6.63. The van der Waals surface area contributed by atoms with Gasteiger partial charge in [-0.05, 0) is 61.7 Å². The van der Waals surface area contributed by atoms with Crippen molar-refractivity contribution >= 4 is 41.4 Å². The maximum absolute atomic E-state index is 6.32. The zero-order chi connectivity index (χ0) is 21.0. The van der Waals surface area contributed by atoms with E-state index in [0.29, 0.717) is 6.42 Å². The van der Waals surface area contributed by atoms with Gasteiger partial charge in [0.15, 0.2) is 0 Å². The van der Waals surface area contributed by atoms with Crippen molar-refractivity contribution in [2.45, 2.75) is 39.2 Å². The Labute approximate surface area is 182 Å². The Morgan fingerprint density at radius 1 is 1.24 bits per heavy atom. The molecule has 0 radical (unpaired) electrons. The SMILES string of the molecule is CCN(C)/C=N/c1cc(C)c(OC2(C)NC(Cc3ccc(Cl)cc3)=NS2)cc1C. The van der Waals surface area contributed by atoms with E-state index < -0.39 is 5.06 Å². The molecule has 0 spiro atoms. The minimum atomic E-state index is -0.647. The van der Waals surface area contributed by atoms with Gasteiger partial charge in [0.2, 0.25) is 5.06 Å². The van der Waals surface area contributed by atoms with Crippen molar-refractivity contribution < 1.29 is 4.74 Å². The second kappa shape index (κ2) is 9.09. The number of nitrogens with zero attached hydrogens (tertiary/aromatic N) is 3. The van der Waals surface area contributed by atoms with Crippen LogP contribution >= 0.6 is 23.5 Å². The largest absolute Gasteiger partial charge is 0.457 e. The van der Waals surface area contributed by atoms with Crippen molar-refractivity contribution in [3.05, 3.63) is 58.1 Å². The highest BCUT2D eigenvalue weighted by molar-refractivity contribution is 7.99. The normalized spacial score (nSPS) is 18.6. The maximum atomic E-state index is 6.32. The van der Waals surface area contributed by atoms with Gasteiger partial charge >= 0.3 is 0 Å². The monoisotopic (exact) mass is 430 g/mol. The summed E-state index contributed by atoms with van der Waals surface area (Å²) in [6.45, 7) is 9.09. The van der Waals surface area contributed by atoms with E-state index >= 15 is 0 Å². The van der Waals surface area contributed by atoms with E-state index in [0.717, 1.165) is 45.5 Å². The third-order valence-electron chi connectivity index (χ3n) is 4.68. The van der Waals surface area contributed by atoms with E-state index in [1.54, 1.807) is 0 Å². The predicted molar refractivity (Wildman–Crippen MR) is 125 cm³/mol. The number of halogens is 1. The number of amidine groups is 1. The van der Waals surface area contributed by atoms with Crippen molar-refractivity contribution in [2.75, 3.05) is 13.6 Å². The first-order valence-corrected chi connectivity index (χ1v) is 10.8. The van der Waals surface area contributed by atoms with Gasteiger partial charge < -0.3 is 15.0 Å². The zero-order valence-electron chi connectivity index (χ0n) is 17.5. The number of hydrogen-bond donors (Lipinski definition) is 1. The van der Waals surface area contributed by atoms with Gasteiger partial charge in [-0.3, -0.25) is 0 Å². The number of ether oxygens (including phenoxy) is 1. The van der Waals surface area contributed by atoms with E-state index in [1.807, 2.05) is 69.4 Å². The molecule has 1 atom stereocenters. The lowest BCUT2D eigenvalue weighted by Crippen LogP contribution is -2.44. The first-order valence-electron chi connectivity index (χ1n) is 9.60. The fourth-order valence-electron chi connectivity index (χ4n) is 2.84. The van der Waals surface area contributed by atoms with Crippen LogP contribution in [0.4, 0.5) is 5.69 Å². The fraction of sp³-hybridized carbons (Fsp3) is 0.364. The van der Waals surface area contributed by atoms with Gasteiger partial charge in [-0.2, -0.15) is 4.40 Å². The smallest absolute Gasteiger partial charge is 0.247 e. The van der Waals surface area contributed by atoms with Crippen LogP contribution < -0.4 is 10.1 Å². The molecule has 5 nitrogen and oxygen atoms in total. The topological polar surface area (TPSA) is 49.2 Å². The van der Waals surface area contributed by atoms with Gasteiger partial charge in [-0.1, -0.05) is 23.7 Å². The van der Waals surface area contributed by atoms with Crippen molar-refractivity contribution in [3.8, 4) is 5.75 Å². The average Bonchev–Trinajstić information content (AvgIpc) is 3.05. The molecule has 1 heterocycles. The van der Waals surface area contributed by atoms with Crippen LogP contribution in [0.15, 0.2) is 45.8 Å². The standard InChI is InChI=1S/C22H27ClN4OS/c1-6-27(5)14-24-19-11-16(3)20(12-15(19)2)28-22(4)25-21(26-29-22)13-17-7-9-18(23)10-8-17/h7-12,14H,6,13H2,1-5H3,(H,25,26)/b24-14+. The van der Waals surface area contributed by atoms with E-state index in [2.05, 4.69) is 27.7 Å². The lowest BCUT2D eigenvalue weighted by Gasteiger charge is -2.26. The Morgan fingerprint density at radius 3 is 2.66 bits per heavy atom. The number of aliphatic imine (C=N–C) groups is 1. The number of benzene rings is 2. The Hall–Kier alpha value is -2.18. The minimum Gasteiger partial charge on any atom is -0.457 e. The van der Waals surface area contributed by atoms with Crippen LogP contribution in [0.5, 0.6) is 5.75 Å². The molecular formula is C22H27ClN4OS. The second-order valence-corrected chi connectivity index (χ2v) is 8.91. The lowest BCUT2D eigenvalue weighted by molar-refractivity contribution is 0.172. The third-order valence-corrected chi connectivity index (χ3v) is 5.77. The molecule has 0 aliphatic carbocycles. The van der Waals surface area contributed by atoms with E-state index in [-0.39, 0.29) is 0 Å². The fourth-order valence-corrected chi connectivity index (χ4v) is 3.65. The quantitative estimate of drug-likeness (QED) is 0.357. The molecule has 7 heteroatoms. The van der Waals surface area contributed by atoms with Gasteiger partial charge in [-0.15, -0.1) is 0 Å². The summed E-state index contributed by atoms with van der Waals surface area (Å²) >= 11 is 7.36. The number of aryl methyl sites for hydroxylation is 2. The summed E-state index contributed by atoms with van der Waals surface area (Å²) in [6.07, 6.45) is 2.56. The van der Waals surface area contributed by atoms with Crippen LogP contribution in [-0.2, 0) is 6.42 Å². The van der Waals surface area contributed by atoms with Gasteiger partial charge in [0.05, 0.1) is 12.0 Å². The molecule has 1 aliphatic rings. The van der Waals surface area contributed by atoms with E-state index in [4.69, 9.17) is 16.3 Å². The predicted octanol–water partition coefficient (Wildman–Crippen LogP) is 5.51. The Bertz CT molecular complexity index is 929. The average molecular weight is 431 g/mol. The summed E-state index contributed by atoms with van der Waals surface area (Å²) in [5, 5.41) is 3.50. The van der Waals surface area contributed by atoms with Gasteiger partial charge in [-0.25, -0.2) is 4.99 Å². The van der Waals surface area contributed by atoms with E-state index in [9.17, 15) is 0 Å². The summed E-state index contributed by atoms with van der Waals surface area (Å²) in [6, 6.07) is 11.9. The Morgan fingerprint density at radius 2 is 1.97 bits per heavy atom. The van der Waals surface area contributed by atoms with Crippen molar-refractivity contribution in [1.82, 2.24) is 10.2 Å². The molecule has 0 amide bonds. The van der Waals surface area contributed by atoms with Gasteiger partial charge in [0.1, 0.15) is 11.6 Å². The van der Waals surface area contributed by atoms with Crippen LogP contribution in [0, 0.1) is 13.8 Å². The van der Waals surface area contributed by atoms with Crippen molar-refractivity contribution in [2.24, 2.45) is 9.39 Å². The molecule has 1 N–H and O–H groups in total. The molecule has 0 fully saturated rings. The Balaban J connectivity index is 1.67. The minimum absolute atomic E-state index is 0.647. The molecule has 154 valence electrons. The molecule has 1 unspecified atom stereocenters. The maximum Gasteiger partial charge on any atom is 0.247 e. The first-order chi connectivity index (χ1) is 13.8.